The highest BCUT2D eigenvalue weighted by molar-refractivity contribution is 6.02. The van der Waals surface area contributed by atoms with Crippen molar-refractivity contribution in [1.82, 2.24) is 0 Å². The molecule has 0 aromatic carbocycles. The second-order valence-corrected chi connectivity index (χ2v) is 4.64. The van der Waals surface area contributed by atoms with E-state index in [9.17, 15) is 4.79 Å². The molecule has 2 rings (SSSR count). The summed E-state index contributed by atoms with van der Waals surface area (Å²) in [6, 6.07) is 0. The van der Waals surface area contributed by atoms with E-state index in [0.717, 1.165) is 5.57 Å². The maximum absolute atomic E-state index is 11.6. The van der Waals surface area contributed by atoms with Gasteiger partial charge in [-0.15, -0.1) is 0 Å². The number of hydrogen-bond donors (Lipinski definition) is 0. The summed E-state index contributed by atoms with van der Waals surface area (Å²) in [6.45, 7) is 10.4. The van der Waals surface area contributed by atoms with Crippen LogP contribution in [-0.4, -0.2) is 5.78 Å². The minimum atomic E-state index is 0.219. The van der Waals surface area contributed by atoms with E-state index in [2.05, 4.69) is 27.4 Å². The van der Waals surface area contributed by atoms with E-state index < -0.39 is 0 Å². The SMILES string of the molecule is C=C1C(=O)[C@H](C)[C@H]2C[C@@]12C(C)C. The zero-order valence-corrected chi connectivity index (χ0v) is 8.05. The third-order valence-corrected chi connectivity index (χ3v) is 3.97. The molecule has 66 valence electrons. The topological polar surface area (TPSA) is 17.1 Å². The van der Waals surface area contributed by atoms with Gasteiger partial charge in [-0.25, -0.2) is 0 Å². The molecule has 1 nitrogen and oxygen atoms in total. The number of rotatable bonds is 1. The number of allylic oxidation sites excluding steroid dienone is 1. The first-order valence-electron chi connectivity index (χ1n) is 4.75. The smallest absolute Gasteiger partial charge is 0.161 e. The Kier molecular flexibility index (Phi) is 1.35. The second-order valence-electron chi connectivity index (χ2n) is 4.64. The van der Waals surface area contributed by atoms with Crippen molar-refractivity contribution in [3.05, 3.63) is 12.2 Å². The molecule has 0 saturated heterocycles. The number of Topliss-reactive ketones (excluding diaryl/α,β-unsaturated/α-hetero) is 1. The van der Waals surface area contributed by atoms with Crippen LogP contribution in [-0.2, 0) is 4.79 Å². The highest BCUT2D eigenvalue weighted by atomic mass is 16.1. The van der Waals surface area contributed by atoms with E-state index >= 15 is 0 Å². The summed E-state index contributed by atoms with van der Waals surface area (Å²) in [5.41, 5.74) is 1.13. The van der Waals surface area contributed by atoms with Crippen LogP contribution in [0.2, 0.25) is 0 Å². The number of ketones is 1. The minimum absolute atomic E-state index is 0.219. The first-order chi connectivity index (χ1) is 5.51. The molecular weight excluding hydrogens is 148 g/mol. The maximum atomic E-state index is 11.6. The standard InChI is InChI=1S/C11H16O/c1-6(2)11-5-9(11)7(3)10(12)8(11)4/h6-7,9H,4-5H2,1-3H3/t7-,9-,11-/m1/s1. The van der Waals surface area contributed by atoms with Crippen LogP contribution in [0.15, 0.2) is 12.2 Å². The third-order valence-electron chi connectivity index (χ3n) is 3.97. The van der Waals surface area contributed by atoms with Crippen LogP contribution in [0.25, 0.3) is 0 Å². The van der Waals surface area contributed by atoms with Crippen molar-refractivity contribution in [2.75, 3.05) is 0 Å². The zero-order valence-electron chi connectivity index (χ0n) is 8.05. The molecule has 0 spiro atoms. The van der Waals surface area contributed by atoms with Crippen molar-refractivity contribution in [3.8, 4) is 0 Å². The Morgan fingerprint density at radius 2 is 2.17 bits per heavy atom. The molecule has 0 radical (unpaired) electrons. The van der Waals surface area contributed by atoms with E-state index in [0.29, 0.717) is 17.6 Å². The van der Waals surface area contributed by atoms with Crippen molar-refractivity contribution in [2.45, 2.75) is 27.2 Å². The molecule has 0 unspecified atom stereocenters. The minimum Gasteiger partial charge on any atom is -0.294 e. The monoisotopic (exact) mass is 164 g/mol. The summed E-state index contributed by atoms with van der Waals surface area (Å²) < 4.78 is 0. The lowest BCUT2D eigenvalue weighted by Gasteiger charge is -2.17. The van der Waals surface area contributed by atoms with Crippen LogP contribution in [0.4, 0.5) is 0 Å². The molecular formula is C11H16O. The molecule has 0 N–H and O–H groups in total. The quantitative estimate of drug-likeness (QED) is 0.544. The van der Waals surface area contributed by atoms with Gasteiger partial charge in [-0.3, -0.25) is 4.79 Å². The Bertz CT molecular complexity index is 264. The molecule has 2 aliphatic carbocycles. The highest BCUT2D eigenvalue weighted by Gasteiger charge is 2.67. The van der Waals surface area contributed by atoms with E-state index in [1.54, 1.807) is 0 Å². The third kappa shape index (κ3) is 0.634. The number of hydrogen-bond acceptors (Lipinski definition) is 1. The first kappa shape index (κ1) is 8.03. The van der Waals surface area contributed by atoms with E-state index in [1.165, 1.54) is 6.42 Å². The fourth-order valence-electron chi connectivity index (χ4n) is 2.97. The van der Waals surface area contributed by atoms with E-state index in [4.69, 9.17) is 0 Å². The summed E-state index contributed by atoms with van der Waals surface area (Å²) in [5, 5.41) is 0. The van der Waals surface area contributed by atoms with Crippen molar-refractivity contribution >= 4 is 5.78 Å². The Labute approximate surface area is 73.8 Å². The van der Waals surface area contributed by atoms with Gasteiger partial charge in [-0.05, 0) is 23.8 Å². The maximum Gasteiger partial charge on any atom is 0.161 e. The Balaban J connectivity index is 2.36. The van der Waals surface area contributed by atoms with Gasteiger partial charge in [0, 0.05) is 11.3 Å². The van der Waals surface area contributed by atoms with Gasteiger partial charge in [0.15, 0.2) is 5.78 Å². The van der Waals surface area contributed by atoms with Crippen LogP contribution in [0.5, 0.6) is 0 Å². The predicted molar refractivity (Wildman–Crippen MR) is 48.7 cm³/mol. The summed E-state index contributed by atoms with van der Waals surface area (Å²) in [4.78, 5) is 11.6. The summed E-state index contributed by atoms with van der Waals surface area (Å²) in [5.74, 6) is 1.78. The highest BCUT2D eigenvalue weighted by Crippen LogP contribution is 2.70. The van der Waals surface area contributed by atoms with Gasteiger partial charge in [0.2, 0.25) is 0 Å². The molecule has 0 aliphatic heterocycles. The molecule has 0 aromatic rings. The largest absolute Gasteiger partial charge is 0.294 e. The van der Waals surface area contributed by atoms with Gasteiger partial charge in [-0.1, -0.05) is 27.4 Å². The van der Waals surface area contributed by atoms with Crippen molar-refractivity contribution in [1.29, 1.82) is 0 Å². The van der Waals surface area contributed by atoms with E-state index in [-0.39, 0.29) is 11.3 Å². The fraction of sp³-hybridized carbons (Fsp3) is 0.727. The van der Waals surface area contributed by atoms with Crippen LogP contribution >= 0.6 is 0 Å². The van der Waals surface area contributed by atoms with Crippen molar-refractivity contribution in [3.63, 3.8) is 0 Å². The van der Waals surface area contributed by atoms with Gasteiger partial charge in [-0.2, -0.15) is 0 Å². The lowest BCUT2D eigenvalue weighted by Crippen LogP contribution is -2.14. The molecule has 0 heterocycles. The summed E-state index contributed by atoms with van der Waals surface area (Å²) in [6.07, 6.45) is 1.20. The Morgan fingerprint density at radius 1 is 1.58 bits per heavy atom. The average Bonchev–Trinajstić information content (AvgIpc) is 2.71. The van der Waals surface area contributed by atoms with Crippen LogP contribution in [0, 0.1) is 23.2 Å². The number of carbonyl (C=O) groups excluding carboxylic acids is 1. The van der Waals surface area contributed by atoms with Crippen molar-refractivity contribution < 1.29 is 4.79 Å². The number of carbonyl (C=O) groups is 1. The Morgan fingerprint density at radius 3 is 2.42 bits per heavy atom. The summed E-state index contributed by atoms with van der Waals surface area (Å²) >= 11 is 0. The lowest BCUT2D eigenvalue weighted by molar-refractivity contribution is -0.118. The second kappa shape index (κ2) is 2.01. The Hall–Kier alpha value is -0.590. The van der Waals surface area contributed by atoms with E-state index in [1.807, 2.05) is 0 Å². The van der Waals surface area contributed by atoms with Crippen molar-refractivity contribution in [2.24, 2.45) is 23.2 Å². The summed E-state index contributed by atoms with van der Waals surface area (Å²) in [7, 11) is 0. The average molecular weight is 164 g/mol. The van der Waals surface area contributed by atoms with Crippen LogP contribution in [0.1, 0.15) is 27.2 Å². The molecule has 0 amide bonds. The van der Waals surface area contributed by atoms with Gasteiger partial charge >= 0.3 is 0 Å². The number of fused-ring (bicyclic) bond motifs is 1. The fourth-order valence-corrected chi connectivity index (χ4v) is 2.97. The van der Waals surface area contributed by atoms with Gasteiger partial charge in [0.25, 0.3) is 0 Å². The van der Waals surface area contributed by atoms with Crippen LogP contribution in [0.3, 0.4) is 0 Å². The predicted octanol–water partition coefficient (Wildman–Crippen LogP) is 2.42. The zero-order chi connectivity index (χ0) is 9.09. The molecule has 2 fully saturated rings. The van der Waals surface area contributed by atoms with Gasteiger partial charge in [0.1, 0.15) is 0 Å². The molecule has 2 saturated carbocycles. The normalized spacial score (nSPS) is 45.3. The first-order valence-corrected chi connectivity index (χ1v) is 4.75. The molecule has 2 aliphatic rings. The molecule has 12 heavy (non-hydrogen) atoms. The van der Waals surface area contributed by atoms with Crippen LogP contribution < -0.4 is 0 Å². The van der Waals surface area contributed by atoms with Gasteiger partial charge < -0.3 is 0 Å². The molecule has 3 atom stereocenters. The molecule has 1 heteroatoms. The van der Waals surface area contributed by atoms with Gasteiger partial charge in [0.05, 0.1) is 0 Å². The molecule has 0 bridgehead atoms. The molecule has 0 aromatic heterocycles. The lowest BCUT2D eigenvalue weighted by atomic mass is 9.86.